The summed E-state index contributed by atoms with van der Waals surface area (Å²) in [4.78, 5) is 11.8. The molecule has 0 spiro atoms. The van der Waals surface area contributed by atoms with Crippen LogP contribution < -0.4 is 5.32 Å². The molecule has 18 heavy (non-hydrogen) atoms. The molecule has 0 bridgehead atoms. The summed E-state index contributed by atoms with van der Waals surface area (Å²) in [5.74, 6) is -0.0441. The van der Waals surface area contributed by atoms with Crippen molar-refractivity contribution in [2.24, 2.45) is 0 Å². The molecule has 2 N–H and O–H groups in total. The first-order valence-electron chi connectivity index (χ1n) is 5.74. The van der Waals surface area contributed by atoms with Gasteiger partial charge in [-0.3, -0.25) is 4.79 Å². The molecule has 3 nitrogen and oxygen atoms in total. The number of benzene rings is 1. The zero-order valence-electron chi connectivity index (χ0n) is 10.5. The summed E-state index contributed by atoms with van der Waals surface area (Å²) in [7, 11) is 0. The lowest BCUT2D eigenvalue weighted by atomic mass is 10.1. The molecule has 0 heterocycles. The topological polar surface area (TPSA) is 49.3 Å². The van der Waals surface area contributed by atoms with E-state index in [0.717, 1.165) is 5.56 Å². The molecule has 5 heteroatoms. The molecule has 0 saturated heterocycles. The first-order valence-corrected chi connectivity index (χ1v) is 7.41. The minimum Gasteiger partial charge on any atom is -0.395 e. The van der Waals surface area contributed by atoms with Gasteiger partial charge in [0.2, 0.25) is 5.91 Å². The Bertz CT molecular complexity index is 379. The van der Waals surface area contributed by atoms with Crippen LogP contribution in [0.3, 0.4) is 0 Å². The first-order chi connectivity index (χ1) is 8.56. The number of amides is 1. The summed E-state index contributed by atoms with van der Waals surface area (Å²) in [6.45, 7) is 1.96. The van der Waals surface area contributed by atoms with Crippen molar-refractivity contribution in [1.82, 2.24) is 5.32 Å². The quantitative estimate of drug-likeness (QED) is 0.842. The van der Waals surface area contributed by atoms with E-state index >= 15 is 0 Å². The molecular formula is C13H18ClNO2S. The number of carbonyl (C=O) groups is 1. The Morgan fingerprint density at radius 2 is 2.06 bits per heavy atom. The van der Waals surface area contributed by atoms with Gasteiger partial charge in [-0.05, 0) is 30.9 Å². The molecular weight excluding hydrogens is 270 g/mol. The molecule has 1 rings (SSSR count). The van der Waals surface area contributed by atoms with Crippen LogP contribution in [0.25, 0.3) is 0 Å². The minimum atomic E-state index is -0.0511. The summed E-state index contributed by atoms with van der Waals surface area (Å²) in [5.41, 5.74) is 0.925. The van der Waals surface area contributed by atoms with E-state index in [1.54, 1.807) is 23.9 Å². The van der Waals surface area contributed by atoms with Gasteiger partial charge in [0, 0.05) is 16.3 Å². The van der Waals surface area contributed by atoms with E-state index < -0.39 is 0 Å². The number of rotatable bonds is 6. The van der Waals surface area contributed by atoms with Gasteiger partial charge in [0.15, 0.2) is 0 Å². The van der Waals surface area contributed by atoms with Gasteiger partial charge >= 0.3 is 0 Å². The fraction of sp³-hybridized carbons (Fsp3) is 0.462. The van der Waals surface area contributed by atoms with Crippen molar-refractivity contribution < 1.29 is 9.90 Å². The summed E-state index contributed by atoms with van der Waals surface area (Å²) in [6.07, 6.45) is 2.25. The van der Waals surface area contributed by atoms with Crippen molar-refractivity contribution in [3.05, 3.63) is 34.9 Å². The van der Waals surface area contributed by atoms with E-state index in [4.69, 9.17) is 16.7 Å². The summed E-state index contributed by atoms with van der Waals surface area (Å²) >= 11 is 7.33. The fourth-order valence-corrected chi connectivity index (χ4v) is 2.37. The second-order valence-electron chi connectivity index (χ2n) is 4.12. The van der Waals surface area contributed by atoms with Crippen LogP contribution in [0.4, 0.5) is 0 Å². The molecule has 1 aromatic carbocycles. The molecule has 2 atom stereocenters. The largest absolute Gasteiger partial charge is 0.395 e. The standard InChI is InChI=1S/C13H18ClNO2S/c1-9(12(8-16)18-2)15-13(17)7-10-3-5-11(14)6-4-10/h3-6,9,12,16H,7-8H2,1-2H3,(H,15,17)/t9-,12-/m1/s1. The third-order valence-corrected chi connectivity index (χ3v) is 4.12. The fourth-order valence-electron chi connectivity index (χ4n) is 1.62. The zero-order chi connectivity index (χ0) is 13.5. The number of carbonyl (C=O) groups excluding carboxylic acids is 1. The van der Waals surface area contributed by atoms with Crippen molar-refractivity contribution >= 4 is 29.3 Å². The predicted molar refractivity (Wildman–Crippen MR) is 77.1 cm³/mol. The van der Waals surface area contributed by atoms with Crippen molar-refractivity contribution in [2.45, 2.75) is 24.6 Å². The lowest BCUT2D eigenvalue weighted by molar-refractivity contribution is -0.121. The summed E-state index contributed by atoms with van der Waals surface area (Å²) < 4.78 is 0. The smallest absolute Gasteiger partial charge is 0.224 e. The highest BCUT2D eigenvalue weighted by Gasteiger charge is 2.17. The lowest BCUT2D eigenvalue weighted by Crippen LogP contribution is -2.41. The number of hydrogen-bond donors (Lipinski definition) is 2. The zero-order valence-corrected chi connectivity index (χ0v) is 12.1. The van der Waals surface area contributed by atoms with Crippen LogP contribution in [0, 0.1) is 0 Å². The van der Waals surface area contributed by atoms with Crippen molar-refractivity contribution in [3.8, 4) is 0 Å². The maximum Gasteiger partial charge on any atom is 0.224 e. The van der Waals surface area contributed by atoms with Crippen LogP contribution in [0.1, 0.15) is 12.5 Å². The Hall–Kier alpha value is -0.710. The minimum absolute atomic E-state index is 0.0270. The van der Waals surface area contributed by atoms with Gasteiger partial charge in [0.1, 0.15) is 0 Å². The molecule has 0 aliphatic heterocycles. The third kappa shape index (κ3) is 4.88. The van der Waals surface area contributed by atoms with Gasteiger partial charge in [-0.1, -0.05) is 23.7 Å². The number of aliphatic hydroxyl groups excluding tert-OH is 1. The molecule has 0 radical (unpaired) electrons. The number of nitrogens with one attached hydrogen (secondary N) is 1. The highest BCUT2D eigenvalue weighted by Crippen LogP contribution is 2.12. The highest BCUT2D eigenvalue weighted by atomic mass is 35.5. The average Bonchev–Trinajstić information content (AvgIpc) is 2.33. The van der Waals surface area contributed by atoms with E-state index in [0.29, 0.717) is 11.4 Å². The van der Waals surface area contributed by atoms with Gasteiger partial charge in [-0.15, -0.1) is 0 Å². The summed E-state index contributed by atoms with van der Waals surface area (Å²) in [5, 5.41) is 12.7. The van der Waals surface area contributed by atoms with Gasteiger partial charge in [-0.25, -0.2) is 0 Å². The Kier molecular flexibility index (Phi) is 6.54. The van der Waals surface area contributed by atoms with Crippen LogP contribution in [-0.2, 0) is 11.2 Å². The molecule has 1 amide bonds. The first kappa shape index (κ1) is 15.3. The molecule has 0 aliphatic carbocycles. The Labute approximate surface area is 117 Å². The monoisotopic (exact) mass is 287 g/mol. The van der Waals surface area contributed by atoms with Gasteiger partial charge in [0.05, 0.1) is 13.0 Å². The number of aliphatic hydroxyl groups is 1. The molecule has 0 unspecified atom stereocenters. The lowest BCUT2D eigenvalue weighted by Gasteiger charge is -2.21. The Morgan fingerprint density at radius 1 is 1.44 bits per heavy atom. The van der Waals surface area contributed by atoms with E-state index in [9.17, 15) is 4.79 Å². The Balaban J connectivity index is 2.48. The average molecular weight is 288 g/mol. The third-order valence-electron chi connectivity index (χ3n) is 2.71. The van der Waals surface area contributed by atoms with E-state index in [-0.39, 0.29) is 23.8 Å². The number of halogens is 1. The molecule has 100 valence electrons. The van der Waals surface area contributed by atoms with Gasteiger partial charge in [-0.2, -0.15) is 11.8 Å². The van der Waals surface area contributed by atoms with Crippen LogP contribution in [-0.4, -0.2) is 35.2 Å². The molecule has 0 aromatic heterocycles. The maximum atomic E-state index is 11.8. The predicted octanol–water partition coefficient (Wildman–Crippen LogP) is 2.11. The Morgan fingerprint density at radius 3 is 2.56 bits per heavy atom. The van der Waals surface area contributed by atoms with E-state index in [2.05, 4.69) is 5.32 Å². The molecule has 1 aromatic rings. The van der Waals surface area contributed by atoms with Crippen molar-refractivity contribution in [1.29, 1.82) is 0 Å². The van der Waals surface area contributed by atoms with Crippen LogP contribution in [0.5, 0.6) is 0 Å². The van der Waals surface area contributed by atoms with Crippen LogP contribution in [0.15, 0.2) is 24.3 Å². The van der Waals surface area contributed by atoms with Crippen LogP contribution in [0.2, 0.25) is 5.02 Å². The second-order valence-corrected chi connectivity index (χ2v) is 5.63. The SMILES string of the molecule is CS[C@H](CO)[C@@H](C)NC(=O)Cc1ccc(Cl)cc1. The number of thioether (sulfide) groups is 1. The van der Waals surface area contributed by atoms with Crippen molar-refractivity contribution in [3.63, 3.8) is 0 Å². The maximum absolute atomic E-state index is 11.8. The molecule has 0 saturated carbocycles. The van der Waals surface area contributed by atoms with Gasteiger partial charge < -0.3 is 10.4 Å². The second kappa shape index (κ2) is 7.67. The van der Waals surface area contributed by atoms with E-state index in [1.807, 2.05) is 25.3 Å². The normalized spacial score (nSPS) is 14.0. The molecule has 0 fully saturated rings. The number of hydrogen-bond acceptors (Lipinski definition) is 3. The van der Waals surface area contributed by atoms with Gasteiger partial charge in [0.25, 0.3) is 0 Å². The van der Waals surface area contributed by atoms with E-state index in [1.165, 1.54) is 0 Å². The molecule has 0 aliphatic rings. The van der Waals surface area contributed by atoms with Crippen LogP contribution >= 0.6 is 23.4 Å². The highest BCUT2D eigenvalue weighted by molar-refractivity contribution is 7.99. The summed E-state index contributed by atoms with van der Waals surface area (Å²) in [6, 6.07) is 7.16. The van der Waals surface area contributed by atoms with Crippen molar-refractivity contribution in [2.75, 3.05) is 12.9 Å².